The predicted octanol–water partition coefficient (Wildman–Crippen LogP) is 3.39. The van der Waals surface area contributed by atoms with E-state index in [1.54, 1.807) is 13.0 Å². The van der Waals surface area contributed by atoms with Gasteiger partial charge in [0.1, 0.15) is 0 Å². The van der Waals surface area contributed by atoms with Gasteiger partial charge in [0.15, 0.2) is 6.29 Å². The SMILES string of the molecule is CC.CC.Cc1ccnc(F)c1C=O. The first-order chi connectivity index (χ1) is 6.75. The van der Waals surface area contributed by atoms with Gasteiger partial charge in [0.2, 0.25) is 5.95 Å². The smallest absolute Gasteiger partial charge is 0.223 e. The number of aldehydes is 1. The quantitative estimate of drug-likeness (QED) is 0.512. The van der Waals surface area contributed by atoms with Gasteiger partial charge in [-0.1, -0.05) is 27.7 Å². The van der Waals surface area contributed by atoms with Crippen molar-refractivity contribution in [3.8, 4) is 0 Å². The minimum Gasteiger partial charge on any atom is -0.298 e. The fraction of sp³-hybridized carbons (Fsp3) is 0.455. The van der Waals surface area contributed by atoms with Crippen molar-refractivity contribution in [1.29, 1.82) is 0 Å². The summed E-state index contributed by atoms with van der Waals surface area (Å²) in [5.41, 5.74) is 0.657. The summed E-state index contributed by atoms with van der Waals surface area (Å²) in [7, 11) is 0. The molecule has 0 aliphatic rings. The molecule has 0 N–H and O–H groups in total. The third kappa shape index (κ3) is 4.70. The summed E-state index contributed by atoms with van der Waals surface area (Å²) < 4.78 is 12.5. The van der Waals surface area contributed by atoms with Crippen LogP contribution >= 0.6 is 0 Å². The monoisotopic (exact) mass is 199 g/mol. The summed E-state index contributed by atoms with van der Waals surface area (Å²) in [6.45, 7) is 9.66. The molecule has 1 heterocycles. The number of nitrogens with zero attached hydrogens (tertiary/aromatic N) is 1. The number of hydrogen-bond acceptors (Lipinski definition) is 2. The summed E-state index contributed by atoms with van der Waals surface area (Å²) in [4.78, 5) is 13.5. The van der Waals surface area contributed by atoms with E-state index in [0.29, 0.717) is 11.8 Å². The molecule has 0 saturated heterocycles. The van der Waals surface area contributed by atoms with Crippen LogP contribution in [-0.4, -0.2) is 11.3 Å². The van der Waals surface area contributed by atoms with Crippen LogP contribution < -0.4 is 0 Å². The molecule has 0 aliphatic heterocycles. The van der Waals surface area contributed by atoms with Gasteiger partial charge in [0.05, 0.1) is 5.56 Å². The number of aromatic nitrogens is 1. The van der Waals surface area contributed by atoms with Crippen molar-refractivity contribution in [3.05, 3.63) is 29.3 Å². The van der Waals surface area contributed by atoms with Gasteiger partial charge < -0.3 is 0 Å². The zero-order valence-corrected chi connectivity index (χ0v) is 9.47. The first-order valence-electron chi connectivity index (χ1n) is 4.82. The second-order valence-electron chi connectivity index (χ2n) is 1.95. The minimum absolute atomic E-state index is 0.0440. The highest BCUT2D eigenvalue weighted by molar-refractivity contribution is 5.76. The zero-order valence-electron chi connectivity index (χ0n) is 9.47. The molecule has 0 bridgehead atoms. The first kappa shape index (κ1) is 15.2. The Hall–Kier alpha value is -1.25. The molecule has 1 aromatic heterocycles. The Bertz CT molecular complexity index is 241. The Kier molecular flexibility index (Phi) is 10.7. The maximum atomic E-state index is 12.5. The number of halogens is 1. The number of carbonyl (C=O) groups is 1. The zero-order chi connectivity index (χ0) is 11.6. The lowest BCUT2D eigenvalue weighted by Gasteiger charge is -1.95. The van der Waals surface area contributed by atoms with E-state index in [-0.39, 0.29) is 5.56 Å². The maximum Gasteiger partial charge on any atom is 0.223 e. The lowest BCUT2D eigenvalue weighted by Crippen LogP contribution is -1.94. The summed E-state index contributed by atoms with van der Waals surface area (Å²) in [6.07, 6.45) is 1.80. The highest BCUT2D eigenvalue weighted by Gasteiger charge is 2.02. The maximum absolute atomic E-state index is 12.5. The molecule has 0 saturated carbocycles. The van der Waals surface area contributed by atoms with Crippen LogP contribution in [0.5, 0.6) is 0 Å². The molecule has 2 nitrogen and oxygen atoms in total. The van der Waals surface area contributed by atoms with Gasteiger partial charge in [-0.2, -0.15) is 4.39 Å². The van der Waals surface area contributed by atoms with Crippen molar-refractivity contribution in [2.75, 3.05) is 0 Å². The summed E-state index contributed by atoms with van der Waals surface area (Å²) >= 11 is 0. The lowest BCUT2D eigenvalue weighted by atomic mass is 10.2. The van der Waals surface area contributed by atoms with Crippen molar-refractivity contribution in [1.82, 2.24) is 4.98 Å². The molecular weight excluding hydrogens is 181 g/mol. The van der Waals surface area contributed by atoms with E-state index in [0.717, 1.165) is 0 Å². The van der Waals surface area contributed by atoms with Crippen LogP contribution in [0.25, 0.3) is 0 Å². The van der Waals surface area contributed by atoms with Crippen molar-refractivity contribution >= 4 is 6.29 Å². The Morgan fingerprint density at radius 2 is 1.79 bits per heavy atom. The molecule has 0 aliphatic carbocycles. The van der Waals surface area contributed by atoms with Crippen molar-refractivity contribution < 1.29 is 9.18 Å². The van der Waals surface area contributed by atoms with E-state index in [4.69, 9.17) is 0 Å². The third-order valence-corrected chi connectivity index (χ3v) is 1.28. The van der Waals surface area contributed by atoms with Crippen LogP contribution in [0.4, 0.5) is 4.39 Å². The van der Waals surface area contributed by atoms with Crippen molar-refractivity contribution in [3.63, 3.8) is 0 Å². The Morgan fingerprint density at radius 3 is 2.07 bits per heavy atom. The van der Waals surface area contributed by atoms with Crippen LogP contribution in [0.15, 0.2) is 12.3 Å². The second-order valence-corrected chi connectivity index (χ2v) is 1.95. The third-order valence-electron chi connectivity index (χ3n) is 1.28. The van der Waals surface area contributed by atoms with E-state index in [1.807, 2.05) is 27.7 Å². The molecule has 1 aromatic rings. The molecule has 0 radical (unpaired) electrons. The largest absolute Gasteiger partial charge is 0.298 e. The van der Waals surface area contributed by atoms with Gasteiger partial charge in [-0.05, 0) is 18.6 Å². The summed E-state index contributed by atoms with van der Waals surface area (Å²) in [6, 6.07) is 1.59. The minimum atomic E-state index is -0.699. The Balaban J connectivity index is 0. The Labute approximate surface area is 85.2 Å². The highest BCUT2D eigenvalue weighted by Crippen LogP contribution is 2.05. The number of rotatable bonds is 1. The van der Waals surface area contributed by atoms with Gasteiger partial charge in [0.25, 0.3) is 0 Å². The molecule has 0 atom stereocenters. The molecule has 0 aromatic carbocycles. The molecule has 1 rings (SSSR count). The fourth-order valence-electron chi connectivity index (χ4n) is 0.678. The van der Waals surface area contributed by atoms with Crippen LogP contribution in [0.2, 0.25) is 0 Å². The average Bonchev–Trinajstić information content (AvgIpc) is 2.24. The van der Waals surface area contributed by atoms with Crippen LogP contribution in [0.1, 0.15) is 43.6 Å². The van der Waals surface area contributed by atoms with Crippen molar-refractivity contribution in [2.45, 2.75) is 34.6 Å². The van der Waals surface area contributed by atoms with Crippen molar-refractivity contribution in [2.24, 2.45) is 0 Å². The number of hydrogen-bond donors (Lipinski definition) is 0. The van der Waals surface area contributed by atoms with Gasteiger partial charge in [-0.25, -0.2) is 4.98 Å². The fourth-order valence-corrected chi connectivity index (χ4v) is 0.678. The van der Waals surface area contributed by atoms with Gasteiger partial charge in [0, 0.05) is 6.20 Å². The molecule has 0 unspecified atom stereocenters. The summed E-state index contributed by atoms with van der Waals surface area (Å²) in [5, 5.41) is 0. The molecule has 80 valence electrons. The number of pyridine rings is 1. The average molecular weight is 199 g/mol. The van der Waals surface area contributed by atoms with E-state index in [1.165, 1.54) is 6.20 Å². The second kappa shape index (κ2) is 9.84. The van der Waals surface area contributed by atoms with Crippen LogP contribution in [-0.2, 0) is 0 Å². The molecular formula is C11H18FNO. The van der Waals surface area contributed by atoms with E-state index >= 15 is 0 Å². The van der Waals surface area contributed by atoms with Crippen LogP contribution in [0, 0.1) is 12.9 Å². The molecule has 14 heavy (non-hydrogen) atoms. The summed E-state index contributed by atoms with van der Waals surface area (Å²) in [5.74, 6) is -0.699. The molecule has 0 amide bonds. The predicted molar refractivity (Wildman–Crippen MR) is 57.0 cm³/mol. The molecule has 0 spiro atoms. The topological polar surface area (TPSA) is 30.0 Å². The van der Waals surface area contributed by atoms with E-state index in [2.05, 4.69) is 4.98 Å². The van der Waals surface area contributed by atoms with E-state index < -0.39 is 5.95 Å². The first-order valence-corrected chi connectivity index (χ1v) is 4.82. The van der Waals surface area contributed by atoms with Gasteiger partial charge >= 0.3 is 0 Å². The molecule has 0 fully saturated rings. The van der Waals surface area contributed by atoms with Crippen LogP contribution in [0.3, 0.4) is 0 Å². The van der Waals surface area contributed by atoms with Gasteiger partial charge in [-0.15, -0.1) is 0 Å². The standard InChI is InChI=1S/C7H6FNO.2C2H6/c1-5-2-3-9-7(8)6(5)4-10;2*1-2/h2-4H,1H3;2*1-2H3. The number of carbonyl (C=O) groups excluding carboxylic acids is 1. The lowest BCUT2D eigenvalue weighted by molar-refractivity contribution is 0.111. The normalized spacial score (nSPS) is 7.57. The highest BCUT2D eigenvalue weighted by atomic mass is 19.1. The van der Waals surface area contributed by atoms with E-state index in [9.17, 15) is 9.18 Å². The number of aryl methyl sites for hydroxylation is 1. The van der Waals surface area contributed by atoms with Gasteiger partial charge in [-0.3, -0.25) is 4.79 Å². The molecule has 3 heteroatoms. The Morgan fingerprint density at radius 1 is 1.29 bits per heavy atom.